The molecule has 0 saturated heterocycles. The van der Waals surface area contributed by atoms with Crippen molar-refractivity contribution >= 4 is 33.5 Å². The number of nitrogens with one attached hydrogen (secondary N) is 1. The van der Waals surface area contributed by atoms with E-state index in [1.807, 2.05) is 24.3 Å². The number of hydrogen-bond acceptors (Lipinski definition) is 4. The molecule has 25 heavy (non-hydrogen) atoms. The lowest BCUT2D eigenvalue weighted by atomic mass is 10.1. The molecule has 0 unspecified atom stereocenters. The van der Waals surface area contributed by atoms with Crippen LogP contribution in [0.4, 0.5) is 0 Å². The molecule has 1 heterocycles. The van der Waals surface area contributed by atoms with Crippen LogP contribution in [0.2, 0.25) is 0 Å². The number of hydrogen-bond donors (Lipinski definition) is 1. The van der Waals surface area contributed by atoms with Crippen molar-refractivity contribution in [2.45, 2.75) is 17.9 Å². The molecule has 0 fully saturated rings. The van der Waals surface area contributed by atoms with Crippen LogP contribution in [0.1, 0.15) is 27.6 Å². The van der Waals surface area contributed by atoms with Gasteiger partial charge in [0.1, 0.15) is 0 Å². The van der Waals surface area contributed by atoms with Crippen LogP contribution >= 0.6 is 0 Å². The van der Waals surface area contributed by atoms with Crippen molar-refractivity contribution < 1.29 is 18.5 Å². The largest absolute Gasteiger partial charge is 0.451 e. The Balaban J connectivity index is 1.82. The molecule has 1 aromatic heterocycles. The zero-order valence-electron chi connectivity index (χ0n) is 13.8. The highest BCUT2D eigenvalue weighted by Crippen LogP contribution is 2.21. The third-order valence-electron chi connectivity index (χ3n) is 3.92. The highest BCUT2D eigenvalue weighted by Gasteiger charge is 2.24. The predicted molar refractivity (Wildman–Crippen MR) is 96.3 cm³/mol. The lowest BCUT2D eigenvalue weighted by Crippen LogP contribution is -2.25. The highest BCUT2D eigenvalue weighted by molar-refractivity contribution is 7.84. The van der Waals surface area contributed by atoms with Crippen LogP contribution in [0.15, 0.2) is 59.6 Å². The first-order valence-electron chi connectivity index (χ1n) is 7.73. The Labute approximate surface area is 147 Å². The molecule has 0 bridgehead atoms. The molecule has 0 spiro atoms. The van der Waals surface area contributed by atoms with Gasteiger partial charge in [-0.05, 0) is 25.1 Å². The number of para-hydroxylation sites is 1. The number of carbonyl (C=O) groups excluding carboxylic acids is 2. The maximum atomic E-state index is 12.6. The number of rotatable bonds is 5. The molecule has 1 N–H and O–H groups in total. The second-order valence-electron chi connectivity index (χ2n) is 5.61. The Hall–Kier alpha value is -2.73. The summed E-state index contributed by atoms with van der Waals surface area (Å²) in [5.74, 6) is -0.951. The van der Waals surface area contributed by atoms with Gasteiger partial charge in [-0.2, -0.15) is 0 Å². The van der Waals surface area contributed by atoms with E-state index in [9.17, 15) is 13.8 Å². The molecule has 128 valence electrons. The summed E-state index contributed by atoms with van der Waals surface area (Å²) in [5, 5.41) is 0.783. The monoisotopic (exact) mass is 355 g/mol. The fraction of sp³-hybridized carbons (Fsp3) is 0.158. The van der Waals surface area contributed by atoms with Crippen molar-refractivity contribution in [3.8, 4) is 0 Å². The van der Waals surface area contributed by atoms with E-state index in [1.54, 1.807) is 30.5 Å². The zero-order valence-corrected chi connectivity index (χ0v) is 14.6. The molecular formula is C19H17NO4S. The van der Waals surface area contributed by atoms with E-state index in [2.05, 4.69) is 4.98 Å². The van der Waals surface area contributed by atoms with E-state index in [0.717, 1.165) is 10.9 Å². The first-order chi connectivity index (χ1) is 12.0. The number of aromatic amines is 1. The number of ether oxygens (including phenoxy) is 1. The first kappa shape index (κ1) is 17.1. The maximum absolute atomic E-state index is 12.6. The minimum atomic E-state index is -1.33. The van der Waals surface area contributed by atoms with Crippen molar-refractivity contribution in [3.63, 3.8) is 0 Å². The van der Waals surface area contributed by atoms with Gasteiger partial charge in [0, 0.05) is 28.9 Å². The lowest BCUT2D eigenvalue weighted by Gasteiger charge is -2.13. The number of benzene rings is 2. The summed E-state index contributed by atoms with van der Waals surface area (Å²) in [7, 11) is -1.33. The molecule has 6 heteroatoms. The molecule has 2 atom stereocenters. The van der Waals surface area contributed by atoms with Gasteiger partial charge in [0.25, 0.3) is 0 Å². The fourth-order valence-electron chi connectivity index (χ4n) is 2.66. The Morgan fingerprint density at radius 3 is 2.48 bits per heavy atom. The van der Waals surface area contributed by atoms with Crippen molar-refractivity contribution in [3.05, 3.63) is 65.9 Å². The average Bonchev–Trinajstić information content (AvgIpc) is 3.05. The van der Waals surface area contributed by atoms with E-state index < -0.39 is 22.9 Å². The van der Waals surface area contributed by atoms with Crippen LogP contribution in [0.5, 0.6) is 0 Å². The summed E-state index contributed by atoms with van der Waals surface area (Å²) in [6.07, 6.45) is 2.16. The van der Waals surface area contributed by atoms with Crippen molar-refractivity contribution in [2.75, 3.05) is 6.26 Å². The summed E-state index contributed by atoms with van der Waals surface area (Å²) in [6, 6.07) is 13.9. The molecule has 3 rings (SSSR count). The minimum absolute atomic E-state index is 0.210. The third-order valence-corrected chi connectivity index (χ3v) is 4.90. The van der Waals surface area contributed by atoms with Crippen LogP contribution in [-0.4, -0.2) is 33.3 Å². The minimum Gasteiger partial charge on any atom is -0.451 e. The molecule has 0 aliphatic rings. The Bertz CT molecular complexity index is 976. The smallest absolute Gasteiger partial charge is 0.340 e. The summed E-state index contributed by atoms with van der Waals surface area (Å²) in [4.78, 5) is 28.5. The molecule has 5 nitrogen and oxygen atoms in total. The second-order valence-corrected chi connectivity index (χ2v) is 6.96. The van der Waals surface area contributed by atoms with E-state index in [1.165, 1.54) is 13.2 Å². The van der Waals surface area contributed by atoms with Crippen LogP contribution in [-0.2, 0) is 15.5 Å². The zero-order chi connectivity index (χ0) is 18.0. The van der Waals surface area contributed by atoms with E-state index in [0.29, 0.717) is 10.5 Å². The van der Waals surface area contributed by atoms with Gasteiger partial charge in [-0.3, -0.25) is 9.00 Å². The van der Waals surface area contributed by atoms with Gasteiger partial charge in [-0.25, -0.2) is 4.79 Å². The third kappa shape index (κ3) is 3.39. The number of fused-ring (bicyclic) bond motifs is 1. The van der Waals surface area contributed by atoms with Crippen molar-refractivity contribution in [1.82, 2.24) is 4.98 Å². The highest BCUT2D eigenvalue weighted by atomic mass is 32.2. The van der Waals surface area contributed by atoms with Gasteiger partial charge >= 0.3 is 5.97 Å². The van der Waals surface area contributed by atoms with Gasteiger partial charge in [-0.15, -0.1) is 0 Å². The Kier molecular flexibility index (Phi) is 4.81. The van der Waals surface area contributed by atoms with Crippen LogP contribution in [0, 0.1) is 0 Å². The molecule has 0 aliphatic carbocycles. The van der Waals surface area contributed by atoms with E-state index in [4.69, 9.17) is 4.74 Å². The summed E-state index contributed by atoms with van der Waals surface area (Å²) >= 11 is 0. The molecule has 0 amide bonds. The molecule has 2 aromatic carbocycles. The average molecular weight is 355 g/mol. The number of esters is 1. The second kappa shape index (κ2) is 7.03. The molecular weight excluding hydrogens is 338 g/mol. The molecule has 0 radical (unpaired) electrons. The number of Topliss-reactive ketones (excluding diaryl/α,β-unsaturated/α-hetero) is 1. The van der Waals surface area contributed by atoms with Crippen molar-refractivity contribution in [2.24, 2.45) is 0 Å². The van der Waals surface area contributed by atoms with Crippen LogP contribution in [0.3, 0.4) is 0 Å². The van der Waals surface area contributed by atoms with Crippen LogP contribution < -0.4 is 0 Å². The van der Waals surface area contributed by atoms with Gasteiger partial charge in [0.2, 0.25) is 5.78 Å². The number of ketones is 1. The number of aromatic nitrogens is 1. The SMILES string of the molecule is C[C@H](OC(=O)c1ccccc1[S@@](C)=O)C(=O)c1c[nH]c2ccccc12. The van der Waals surface area contributed by atoms with Crippen LogP contribution in [0.25, 0.3) is 10.9 Å². The molecule has 0 aliphatic heterocycles. The maximum Gasteiger partial charge on any atom is 0.340 e. The normalized spacial score (nSPS) is 13.4. The van der Waals surface area contributed by atoms with Gasteiger partial charge < -0.3 is 9.72 Å². The Morgan fingerprint density at radius 1 is 1.04 bits per heavy atom. The van der Waals surface area contributed by atoms with Gasteiger partial charge in [0.15, 0.2) is 6.10 Å². The lowest BCUT2D eigenvalue weighted by molar-refractivity contribution is 0.0316. The topological polar surface area (TPSA) is 76.2 Å². The summed E-state index contributed by atoms with van der Waals surface area (Å²) < 4.78 is 17.1. The number of H-pyrrole nitrogens is 1. The summed E-state index contributed by atoms with van der Waals surface area (Å²) in [6.45, 7) is 1.54. The first-order valence-corrected chi connectivity index (χ1v) is 9.28. The van der Waals surface area contributed by atoms with Crippen molar-refractivity contribution in [1.29, 1.82) is 0 Å². The summed E-state index contributed by atoms with van der Waals surface area (Å²) in [5.41, 5.74) is 1.53. The fourth-order valence-corrected chi connectivity index (χ4v) is 3.39. The predicted octanol–water partition coefficient (Wildman–Crippen LogP) is 3.33. The Morgan fingerprint density at radius 2 is 1.72 bits per heavy atom. The molecule has 3 aromatic rings. The van der Waals surface area contributed by atoms with Gasteiger partial charge in [0.05, 0.1) is 21.3 Å². The van der Waals surface area contributed by atoms with Gasteiger partial charge in [-0.1, -0.05) is 30.3 Å². The van der Waals surface area contributed by atoms with E-state index >= 15 is 0 Å². The number of carbonyl (C=O) groups is 2. The quantitative estimate of drug-likeness (QED) is 0.563. The standard InChI is InChI=1S/C19H17NO4S/c1-12(18(21)15-11-20-16-9-5-3-7-13(15)16)24-19(22)14-8-4-6-10-17(14)25(2)23/h3-12,20H,1-2H3/t12-,25+/m0/s1. The molecule has 0 saturated carbocycles. The van der Waals surface area contributed by atoms with E-state index in [-0.39, 0.29) is 11.3 Å².